The topological polar surface area (TPSA) is 134 Å². The molecule has 2 aliphatic rings. The van der Waals surface area contributed by atoms with Gasteiger partial charge in [-0.1, -0.05) is 0 Å². The first-order chi connectivity index (χ1) is 9.28. The van der Waals surface area contributed by atoms with Crippen LogP contribution >= 0.6 is 0 Å². The molecule has 3 rings (SSSR count). The Hall–Kier alpha value is -2.26. The van der Waals surface area contributed by atoms with Crippen molar-refractivity contribution < 1.29 is 20.1 Å². The van der Waals surface area contributed by atoms with Crippen molar-refractivity contribution in [3.8, 4) is 0 Å². The molecule has 9 heteroatoms. The van der Waals surface area contributed by atoms with Gasteiger partial charge in [0.1, 0.15) is 18.1 Å². The van der Waals surface area contributed by atoms with Crippen LogP contribution < -0.4 is 0 Å². The molecule has 106 valence electrons. The number of rotatable bonds is 1. The minimum absolute atomic E-state index is 0.149. The summed E-state index contributed by atoms with van der Waals surface area (Å²) in [6.45, 7) is 2.55. The summed E-state index contributed by atoms with van der Waals surface area (Å²) in [5.41, 5.74) is -3.42. The molecule has 3 heterocycles. The van der Waals surface area contributed by atoms with E-state index in [4.69, 9.17) is 0 Å². The Morgan fingerprint density at radius 1 is 1.50 bits per heavy atom. The lowest BCUT2D eigenvalue weighted by Gasteiger charge is -2.48. The summed E-state index contributed by atoms with van der Waals surface area (Å²) < 4.78 is 0. The van der Waals surface area contributed by atoms with Gasteiger partial charge in [0.25, 0.3) is 0 Å². The number of nitrogens with zero attached hydrogens (tertiary/aromatic N) is 4. The van der Waals surface area contributed by atoms with Gasteiger partial charge in [-0.05, 0) is 13.8 Å². The van der Waals surface area contributed by atoms with E-state index >= 15 is 0 Å². The standard InChI is InChI=1S/C11H13N5O4/c1-10(9(18)19)8(17)11(2,20)16-4-14-6-5(7(16)15-10)12-3-13-6/h3-4,8,17,20H,1-2H3,(H,12,13)(H,18,19). The highest BCUT2D eigenvalue weighted by molar-refractivity contribution is 6.10. The lowest BCUT2D eigenvalue weighted by atomic mass is 9.85. The number of aliphatic hydroxyl groups is 2. The van der Waals surface area contributed by atoms with Gasteiger partial charge < -0.3 is 20.3 Å². The second-order valence-electron chi connectivity index (χ2n) is 5.10. The Morgan fingerprint density at radius 2 is 2.20 bits per heavy atom. The number of aromatic amines is 1. The van der Waals surface area contributed by atoms with Gasteiger partial charge in [-0.15, -0.1) is 0 Å². The van der Waals surface area contributed by atoms with Gasteiger partial charge in [-0.25, -0.2) is 19.8 Å². The number of carbonyl (C=O) groups is 1. The fourth-order valence-electron chi connectivity index (χ4n) is 2.38. The highest BCUT2D eigenvalue weighted by atomic mass is 16.4. The zero-order valence-corrected chi connectivity index (χ0v) is 10.8. The molecule has 3 unspecified atom stereocenters. The van der Waals surface area contributed by atoms with Crippen molar-refractivity contribution in [2.75, 3.05) is 0 Å². The molecular formula is C11H13N5O4. The number of aliphatic imine (C=N–C) groups is 2. The van der Waals surface area contributed by atoms with Crippen molar-refractivity contribution in [1.29, 1.82) is 0 Å². The highest BCUT2D eigenvalue weighted by Gasteiger charge is 2.57. The zero-order chi connectivity index (χ0) is 14.7. The summed E-state index contributed by atoms with van der Waals surface area (Å²) in [5.74, 6) is -0.770. The van der Waals surface area contributed by atoms with Crippen molar-refractivity contribution in [3.63, 3.8) is 0 Å². The molecule has 0 saturated carbocycles. The number of aromatic nitrogens is 2. The van der Waals surface area contributed by atoms with E-state index in [1.807, 2.05) is 0 Å². The number of carboxylic acid groups (broad SMARTS) is 1. The van der Waals surface area contributed by atoms with Crippen molar-refractivity contribution >= 4 is 24.0 Å². The molecule has 1 aromatic rings. The number of H-pyrrole nitrogens is 1. The third-order valence-corrected chi connectivity index (χ3v) is 3.67. The van der Waals surface area contributed by atoms with Crippen LogP contribution in [0.2, 0.25) is 0 Å². The maximum Gasteiger partial charge on any atom is 0.334 e. The molecule has 20 heavy (non-hydrogen) atoms. The molecule has 0 radical (unpaired) electrons. The molecular weight excluding hydrogens is 266 g/mol. The summed E-state index contributed by atoms with van der Waals surface area (Å²) in [5, 5.41) is 30.0. The predicted molar refractivity (Wildman–Crippen MR) is 67.8 cm³/mol. The maximum atomic E-state index is 11.4. The number of hydrogen-bond acceptors (Lipinski definition) is 7. The lowest BCUT2D eigenvalue weighted by Crippen LogP contribution is -2.69. The second kappa shape index (κ2) is 3.64. The first-order valence-corrected chi connectivity index (χ1v) is 5.89. The Labute approximate surface area is 113 Å². The first-order valence-electron chi connectivity index (χ1n) is 5.89. The third kappa shape index (κ3) is 1.38. The fourth-order valence-corrected chi connectivity index (χ4v) is 2.38. The zero-order valence-electron chi connectivity index (χ0n) is 10.8. The average molecular weight is 279 g/mol. The van der Waals surface area contributed by atoms with Gasteiger partial charge in [0.05, 0.1) is 6.33 Å². The molecule has 0 bridgehead atoms. The first kappa shape index (κ1) is 12.8. The van der Waals surface area contributed by atoms with Gasteiger partial charge in [-0.3, -0.25) is 4.90 Å². The van der Waals surface area contributed by atoms with Gasteiger partial charge >= 0.3 is 5.97 Å². The normalized spacial score (nSPS) is 35.3. The number of nitrogens with one attached hydrogen (secondary N) is 1. The van der Waals surface area contributed by atoms with Gasteiger partial charge in [0.15, 0.2) is 22.9 Å². The summed E-state index contributed by atoms with van der Waals surface area (Å²) in [6, 6.07) is 0. The number of amidine groups is 1. The molecule has 0 fully saturated rings. The van der Waals surface area contributed by atoms with Crippen LogP contribution in [0.15, 0.2) is 16.3 Å². The van der Waals surface area contributed by atoms with Crippen LogP contribution in [0.5, 0.6) is 0 Å². The predicted octanol–water partition coefficient (Wildman–Crippen LogP) is -0.942. The Kier molecular flexibility index (Phi) is 2.32. The van der Waals surface area contributed by atoms with Crippen molar-refractivity contribution in [3.05, 3.63) is 12.0 Å². The average Bonchev–Trinajstić information content (AvgIpc) is 2.84. The largest absolute Gasteiger partial charge is 0.479 e. The molecule has 3 atom stereocenters. The smallest absolute Gasteiger partial charge is 0.334 e. The number of aliphatic hydroxyl groups excluding tert-OH is 1. The van der Waals surface area contributed by atoms with Gasteiger partial charge in [-0.2, -0.15) is 0 Å². The Bertz CT molecular complexity index is 649. The fraction of sp³-hybridized carbons (Fsp3) is 0.455. The minimum Gasteiger partial charge on any atom is -0.479 e. The second-order valence-corrected chi connectivity index (χ2v) is 5.10. The van der Waals surface area contributed by atoms with E-state index in [0.29, 0.717) is 11.5 Å². The van der Waals surface area contributed by atoms with Crippen molar-refractivity contribution in [2.45, 2.75) is 31.2 Å². The van der Waals surface area contributed by atoms with Crippen LogP contribution in [0.4, 0.5) is 5.82 Å². The van der Waals surface area contributed by atoms with Crippen molar-refractivity contribution in [2.24, 2.45) is 9.98 Å². The van der Waals surface area contributed by atoms with Crippen LogP contribution in [0, 0.1) is 0 Å². The molecule has 9 nitrogen and oxygen atoms in total. The minimum atomic E-state index is -1.88. The van der Waals surface area contributed by atoms with Crippen LogP contribution in [-0.4, -0.2) is 65.7 Å². The molecule has 0 saturated heterocycles. The lowest BCUT2D eigenvalue weighted by molar-refractivity contribution is -0.173. The molecule has 0 amide bonds. The van der Waals surface area contributed by atoms with Gasteiger partial charge in [0, 0.05) is 0 Å². The van der Waals surface area contributed by atoms with E-state index in [1.54, 1.807) is 0 Å². The van der Waals surface area contributed by atoms with Crippen LogP contribution in [0.1, 0.15) is 19.5 Å². The van der Waals surface area contributed by atoms with E-state index in [1.165, 1.54) is 31.4 Å². The molecule has 0 aliphatic carbocycles. The van der Waals surface area contributed by atoms with Crippen LogP contribution in [0.25, 0.3) is 0 Å². The molecule has 0 spiro atoms. The van der Waals surface area contributed by atoms with Crippen LogP contribution in [0.3, 0.4) is 0 Å². The SMILES string of the molecule is CC1(C(=O)O)N=C2c3nc[nH]c3N=CN2C(C)(O)C1O. The Balaban J connectivity index is 2.26. The maximum absolute atomic E-state index is 11.4. The summed E-state index contributed by atoms with van der Waals surface area (Å²) in [7, 11) is 0. The van der Waals surface area contributed by atoms with Gasteiger partial charge in [0.2, 0.25) is 0 Å². The van der Waals surface area contributed by atoms with E-state index in [2.05, 4.69) is 20.0 Å². The number of carboxylic acids is 1. The molecule has 0 aromatic carbocycles. The monoisotopic (exact) mass is 279 g/mol. The molecule has 4 N–H and O–H groups in total. The summed E-state index contributed by atoms with van der Waals surface area (Å²) in [4.78, 5) is 27.6. The number of imidazole rings is 1. The molecule has 1 aromatic heterocycles. The summed E-state index contributed by atoms with van der Waals surface area (Å²) in [6.07, 6.45) is 1.04. The number of fused-ring (bicyclic) bond motifs is 3. The van der Waals surface area contributed by atoms with E-state index in [9.17, 15) is 20.1 Å². The van der Waals surface area contributed by atoms with Crippen molar-refractivity contribution in [1.82, 2.24) is 14.9 Å². The Morgan fingerprint density at radius 3 is 2.85 bits per heavy atom. The third-order valence-electron chi connectivity index (χ3n) is 3.67. The number of hydrogen-bond donors (Lipinski definition) is 4. The van der Waals surface area contributed by atoms with Crippen LogP contribution in [-0.2, 0) is 4.79 Å². The van der Waals surface area contributed by atoms with E-state index < -0.39 is 23.3 Å². The van der Waals surface area contributed by atoms with E-state index in [-0.39, 0.29) is 5.84 Å². The van der Waals surface area contributed by atoms with E-state index in [0.717, 1.165) is 0 Å². The quantitative estimate of drug-likeness (QED) is 0.524. The summed E-state index contributed by atoms with van der Waals surface area (Å²) >= 11 is 0. The highest BCUT2D eigenvalue weighted by Crippen LogP contribution is 2.37. The number of aliphatic carboxylic acids is 1. The molecule has 2 aliphatic heterocycles.